The highest BCUT2D eigenvalue weighted by molar-refractivity contribution is 7.81. The molecule has 4 nitrogen and oxygen atoms in total. The SMILES string of the molecule is CCCCCCCCN(c1ccccc1)[P+](N(CCCCCCCC)c1ccc(C)cc1)(N(CCCCCCCC)c1ccc(C)cc1)N(CCCCCCCC)c1ccc(C)cc1.[I-]. The Morgan fingerprint density at radius 3 is 0.738 bits per heavy atom. The number of unbranched alkanes of at least 4 members (excludes halogenated alkanes) is 20. The van der Waals surface area contributed by atoms with E-state index in [-0.39, 0.29) is 24.0 Å². The topological polar surface area (TPSA) is 13.0 Å². The van der Waals surface area contributed by atoms with E-state index in [1.165, 1.54) is 194 Å². The van der Waals surface area contributed by atoms with Gasteiger partial charge in [0.1, 0.15) is 0 Å². The van der Waals surface area contributed by atoms with Gasteiger partial charge >= 0.3 is 7.87 Å². The van der Waals surface area contributed by atoms with Crippen molar-refractivity contribution in [2.75, 3.05) is 44.9 Å². The number of hydrogen-bond donors (Lipinski definition) is 0. The van der Waals surface area contributed by atoms with Crippen LogP contribution in [0, 0.1) is 20.8 Å². The van der Waals surface area contributed by atoms with Crippen LogP contribution in [0.3, 0.4) is 0 Å². The Labute approximate surface area is 419 Å². The zero-order valence-electron chi connectivity index (χ0n) is 42.7. The molecule has 4 aromatic carbocycles. The van der Waals surface area contributed by atoms with Gasteiger partial charge in [-0.25, -0.2) is 0 Å². The highest BCUT2D eigenvalue weighted by Gasteiger charge is 2.63. The van der Waals surface area contributed by atoms with E-state index in [4.69, 9.17) is 0 Å². The number of halogens is 1. The molecule has 0 saturated carbocycles. The van der Waals surface area contributed by atoms with Crippen LogP contribution in [0.1, 0.15) is 198 Å². The third-order valence-corrected chi connectivity index (χ3v) is 17.6. The number of nitrogens with zero attached hydrogens (tertiary/aromatic N) is 4. The lowest BCUT2D eigenvalue weighted by molar-refractivity contribution is -0.0000136. The van der Waals surface area contributed by atoms with E-state index in [1.807, 2.05) is 0 Å². The van der Waals surface area contributed by atoms with Crippen LogP contribution in [0.15, 0.2) is 103 Å². The molecule has 0 aliphatic rings. The quantitative estimate of drug-likeness (QED) is 0.0256. The number of anilines is 4. The summed E-state index contributed by atoms with van der Waals surface area (Å²) < 4.78 is 12.1. The molecular formula is C59H94IN4P. The van der Waals surface area contributed by atoms with Gasteiger partial charge in [0.05, 0.1) is 48.9 Å². The molecule has 6 heteroatoms. The highest BCUT2D eigenvalue weighted by atomic mass is 127. The number of aryl methyl sites for hydroxylation is 3. The zero-order valence-corrected chi connectivity index (χ0v) is 45.8. The van der Waals surface area contributed by atoms with E-state index >= 15 is 0 Å². The molecule has 0 spiro atoms. The van der Waals surface area contributed by atoms with Crippen LogP contribution in [0.5, 0.6) is 0 Å². The maximum absolute atomic E-state index is 3.02. The van der Waals surface area contributed by atoms with Crippen LogP contribution < -0.4 is 42.7 Å². The highest BCUT2D eigenvalue weighted by Crippen LogP contribution is 2.74. The van der Waals surface area contributed by atoms with Crippen molar-refractivity contribution in [1.29, 1.82) is 0 Å². The minimum absolute atomic E-state index is 0. The van der Waals surface area contributed by atoms with Crippen LogP contribution in [0.2, 0.25) is 0 Å². The van der Waals surface area contributed by atoms with E-state index in [1.54, 1.807) is 0 Å². The zero-order chi connectivity index (χ0) is 45.7. The molecule has 0 aliphatic carbocycles. The minimum atomic E-state index is -2.78. The van der Waals surface area contributed by atoms with Crippen molar-refractivity contribution in [3.63, 3.8) is 0 Å². The van der Waals surface area contributed by atoms with E-state index in [0.29, 0.717) is 0 Å². The Kier molecular flexibility index (Phi) is 29.3. The normalized spacial score (nSPS) is 11.4. The molecule has 0 saturated heterocycles. The molecule has 0 bridgehead atoms. The van der Waals surface area contributed by atoms with Gasteiger partial charge in [0.25, 0.3) is 0 Å². The summed E-state index contributed by atoms with van der Waals surface area (Å²) >= 11 is 0. The standard InChI is InChI=1S/C59H94N4P.HI/c1-8-12-16-20-24-31-49-60(56-35-29-28-30-36-56)64(61(50-32-25-21-17-13-9-2)57-43-37-53(5)38-44-57,62(51-33-26-22-18-14-10-3)58-45-39-54(6)40-46-58)63(52-34-27-23-19-15-11-4)59-47-41-55(7)42-48-59;/h28-30,35-48H,8-27,31-34,49-52H2,1-7H3;1H/q+1;/p-1. The number of para-hydroxylation sites is 1. The fraction of sp³-hybridized carbons (Fsp3) is 0.593. The van der Waals surface area contributed by atoms with E-state index in [2.05, 4.69) is 170 Å². The summed E-state index contributed by atoms with van der Waals surface area (Å²) in [5.74, 6) is 0. The summed E-state index contributed by atoms with van der Waals surface area (Å²) in [6.07, 6.45) is 30.7. The van der Waals surface area contributed by atoms with Crippen molar-refractivity contribution in [3.8, 4) is 0 Å². The van der Waals surface area contributed by atoms with Crippen molar-refractivity contribution in [1.82, 2.24) is 0 Å². The number of rotatable bonds is 36. The molecule has 0 aliphatic heterocycles. The molecule has 0 atom stereocenters. The first-order valence-electron chi connectivity index (χ1n) is 26.7. The second-order valence-corrected chi connectivity index (χ2v) is 21.9. The average Bonchev–Trinajstić information content (AvgIpc) is 3.31. The Morgan fingerprint density at radius 1 is 0.277 bits per heavy atom. The van der Waals surface area contributed by atoms with Crippen molar-refractivity contribution >= 4 is 30.6 Å². The molecule has 0 aromatic heterocycles. The van der Waals surface area contributed by atoms with E-state index in [9.17, 15) is 0 Å². The summed E-state index contributed by atoms with van der Waals surface area (Å²) in [7, 11) is -2.78. The summed E-state index contributed by atoms with van der Waals surface area (Å²) in [4.78, 5) is 0. The molecule has 4 rings (SSSR count). The molecular weight excluding hydrogens is 923 g/mol. The van der Waals surface area contributed by atoms with Crippen molar-refractivity contribution < 1.29 is 24.0 Å². The van der Waals surface area contributed by atoms with Crippen molar-refractivity contribution in [3.05, 3.63) is 120 Å². The Hall–Kier alpha value is -2.76. The lowest BCUT2D eigenvalue weighted by atomic mass is 10.1. The van der Waals surface area contributed by atoms with Crippen LogP contribution in [-0.4, -0.2) is 26.2 Å². The first-order chi connectivity index (χ1) is 31.4. The molecule has 65 heavy (non-hydrogen) atoms. The molecule has 0 radical (unpaired) electrons. The third-order valence-electron chi connectivity index (χ3n) is 13.2. The van der Waals surface area contributed by atoms with Gasteiger partial charge < -0.3 is 24.0 Å². The summed E-state index contributed by atoms with van der Waals surface area (Å²) in [6, 6.07) is 40.9. The second kappa shape index (κ2) is 33.7. The van der Waals surface area contributed by atoms with Gasteiger partial charge in [-0.2, -0.15) is 18.7 Å². The Morgan fingerprint density at radius 2 is 0.492 bits per heavy atom. The maximum Gasteiger partial charge on any atom is 0.405 e. The lowest BCUT2D eigenvalue weighted by Gasteiger charge is -2.53. The van der Waals surface area contributed by atoms with Gasteiger partial charge in [-0.05, 0) is 95.0 Å². The van der Waals surface area contributed by atoms with Gasteiger partial charge in [0.15, 0.2) is 0 Å². The third kappa shape index (κ3) is 18.7. The van der Waals surface area contributed by atoms with Crippen molar-refractivity contribution in [2.24, 2.45) is 0 Å². The molecule has 0 fully saturated rings. The summed E-state index contributed by atoms with van der Waals surface area (Å²) in [5, 5.41) is 0. The van der Waals surface area contributed by atoms with Crippen LogP contribution >= 0.6 is 7.87 Å². The fourth-order valence-corrected chi connectivity index (χ4v) is 14.3. The largest absolute Gasteiger partial charge is 1.00 e. The summed E-state index contributed by atoms with van der Waals surface area (Å²) in [6.45, 7) is 20.2. The van der Waals surface area contributed by atoms with Gasteiger partial charge in [-0.15, -0.1) is 0 Å². The fourth-order valence-electron chi connectivity index (χ4n) is 9.37. The predicted molar refractivity (Wildman–Crippen MR) is 290 cm³/mol. The smallest absolute Gasteiger partial charge is 0.405 e. The van der Waals surface area contributed by atoms with Gasteiger partial charge in [0, 0.05) is 0 Å². The molecule has 0 heterocycles. The molecule has 362 valence electrons. The minimum Gasteiger partial charge on any atom is -1.00 e. The first kappa shape index (κ1) is 56.6. The number of benzene rings is 4. The molecule has 0 amide bonds. The first-order valence-corrected chi connectivity index (χ1v) is 28.3. The molecule has 0 unspecified atom stereocenters. The predicted octanol–water partition coefficient (Wildman–Crippen LogP) is 16.1. The van der Waals surface area contributed by atoms with Crippen LogP contribution in [-0.2, 0) is 0 Å². The lowest BCUT2D eigenvalue weighted by Crippen LogP contribution is -3.00. The molecule has 0 N–H and O–H groups in total. The van der Waals surface area contributed by atoms with Gasteiger partial charge in [0.2, 0.25) is 0 Å². The Balaban J connectivity index is 0.0000112. The second-order valence-electron chi connectivity index (χ2n) is 18.9. The monoisotopic (exact) mass is 1020 g/mol. The summed E-state index contributed by atoms with van der Waals surface area (Å²) in [5.41, 5.74) is 9.39. The van der Waals surface area contributed by atoms with E-state index in [0.717, 1.165) is 26.2 Å². The van der Waals surface area contributed by atoms with Crippen LogP contribution in [0.4, 0.5) is 22.7 Å². The molecule has 4 aromatic rings. The maximum atomic E-state index is 3.02. The van der Waals surface area contributed by atoms with Gasteiger partial charge in [-0.1, -0.05) is 227 Å². The van der Waals surface area contributed by atoms with Gasteiger partial charge in [-0.3, -0.25) is 0 Å². The van der Waals surface area contributed by atoms with Crippen molar-refractivity contribution in [2.45, 2.75) is 203 Å². The number of hydrogen-bond acceptors (Lipinski definition) is 4. The average molecular weight is 1020 g/mol. The van der Waals surface area contributed by atoms with E-state index < -0.39 is 7.87 Å². The Bertz CT molecular complexity index is 1570. The van der Waals surface area contributed by atoms with Crippen LogP contribution in [0.25, 0.3) is 0 Å².